The maximum Gasteiger partial charge on any atom is 0.319 e. The summed E-state index contributed by atoms with van der Waals surface area (Å²) in [5, 5.41) is 12.0. The van der Waals surface area contributed by atoms with Gasteiger partial charge < -0.3 is 19.5 Å². The second kappa shape index (κ2) is 11.7. The number of phenolic OH excluding ortho intramolecular Hbond substituents is 1. The lowest BCUT2D eigenvalue weighted by Crippen LogP contribution is -2.43. The Balaban J connectivity index is 1.37. The van der Waals surface area contributed by atoms with Crippen molar-refractivity contribution < 1.29 is 27.8 Å². The van der Waals surface area contributed by atoms with Crippen LogP contribution in [-0.2, 0) is 11.2 Å². The van der Waals surface area contributed by atoms with E-state index in [2.05, 4.69) is 14.9 Å². The Morgan fingerprint density at radius 2 is 1.98 bits per heavy atom. The first-order valence-corrected chi connectivity index (χ1v) is 15.5. The summed E-state index contributed by atoms with van der Waals surface area (Å²) in [5.74, 6) is -0.720. The molecule has 4 aromatic rings. The SMILES string of the molecule is CCc1c(F)ccc2cc(O)cc(-c3ncc4c(N5CCCCOCC5)nc(OCC56CCCN5C[C@H](F)C6)nc4c3F)c12. The van der Waals surface area contributed by atoms with Crippen molar-refractivity contribution in [2.45, 2.75) is 57.2 Å². The average Bonchev–Trinajstić information content (AvgIpc) is 3.51. The maximum atomic E-state index is 16.7. The number of fused-ring (bicyclic) bond motifs is 3. The topological polar surface area (TPSA) is 83.8 Å². The quantitative estimate of drug-likeness (QED) is 0.288. The summed E-state index contributed by atoms with van der Waals surface area (Å²) in [4.78, 5) is 18.0. The van der Waals surface area contributed by atoms with Crippen LogP contribution in [0.15, 0.2) is 30.5 Å². The van der Waals surface area contributed by atoms with Gasteiger partial charge in [-0.2, -0.15) is 9.97 Å². The normalized spacial score (nSPS) is 22.8. The van der Waals surface area contributed by atoms with Crippen LogP contribution in [-0.4, -0.2) is 82.7 Å². The number of nitrogens with zero attached hydrogens (tertiary/aromatic N) is 5. The molecule has 2 aromatic carbocycles. The highest BCUT2D eigenvalue weighted by Crippen LogP contribution is 2.42. The van der Waals surface area contributed by atoms with Crippen molar-refractivity contribution in [1.82, 2.24) is 19.9 Å². The van der Waals surface area contributed by atoms with E-state index in [9.17, 15) is 13.9 Å². The number of aromatic hydroxyl groups is 1. The monoisotopic (exact) mass is 607 g/mol. The highest BCUT2D eigenvalue weighted by atomic mass is 19.1. The van der Waals surface area contributed by atoms with E-state index in [0.29, 0.717) is 73.2 Å². The molecule has 232 valence electrons. The number of aromatic nitrogens is 3. The van der Waals surface area contributed by atoms with Crippen LogP contribution < -0.4 is 9.64 Å². The third-order valence-electron chi connectivity index (χ3n) is 9.41. The van der Waals surface area contributed by atoms with Crippen LogP contribution in [0.5, 0.6) is 11.8 Å². The van der Waals surface area contributed by atoms with Gasteiger partial charge in [-0.15, -0.1) is 0 Å². The Bertz CT molecular complexity index is 1710. The minimum atomic E-state index is -0.908. The summed E-state index contributed by atoms with van der Waals surface area (Å²) in [6, 6.07) is 5.87. The number of hydrogen-bond donors (Lipinski definition) is 1. The van der Waals surface area contributed by atoms with Crippen molar-refractivity contribution in [2.24, 2.45) is 0 Å². The molecule has 2 aromatic heterocycles. The summed E-state index contributed by atoms with van der Waals surface area (Å²) in [5.41, 5.74) is 0.227. The molecule has 0 amide bonds. The lowest BCUT2D eigenvalue weighted by Gasteiger charge is -2.31. The van der Waals surface area contributed by atoms with Gasteiger partial charge in [0.05, 0.1) is 17.5 Å². The second-order valence-corrected chi connectivity index (χ2v) is 12.2. The Morgan fingerprint density at radius 1 is 1.09 bits per heavy atom. The minimum Gasteiger partial charge on any atom is -0.508 e. The zero-order chi connectivity index (χ0) is 30.4. The molecule has 11 heteroatoms. The van der Waals surface area contributed by atoms with Gasteiger partial charge in [-0.1, -0.05) is 13.0 Å². The Labute approximate surface area is 253 Å². The van der Waals surface area contributed by atoms with E-state index in [4.69, 9.17) is 14.5 Å². The molecule has 1 unspecified atom stereocenters. The smallest absolute Gasteiger partial charge is 0.319 e. The van der Waals surface area contributed by atoms with E-state index in [-0.39, 0.29) is 35.1 Å². The average molecular weight is 608 g/mol. The molecule has 44 heavy (non-hydrogen) atoms. The Hall–Kier alpha value is -3.70. The van der Waals surface area contributed by atoms with E-state index >= 15 is 4.39 Å². The molecule has 0 bridgehead atoms. The van der Waals surface area contributed by atoms with Crippen LogP contribution in [0.4, 0.5) is 19.0 Å². The molecule has 0 spiro atoms. The number of alkyl halides is 1. The summed E-state index contributed by atoms with van der Waals surface area (Å²) < 4.78 is 58.0. The van der Waals surface area contributed by atoms with Crippen LogP contribution in [0.3, 0.4) is 0 Å². The van der Waals surface area contributed by atoms with Gasteiger partial charge in [0.2, 0.25) is 0 Å². The molecular weight excluding hydrogens is 571 g/mol. The summed E-state index contributed by atoms with van der Waals surface area (Å²) in [7, 11) is 0. The highest BCUT2D eigenvalue weighted by molar-refractivity contribution is 6.01. The molecule has 3 fully saturated rings. The van der Waals surface area contributed by atoms with Crippen LogP contribution in [0.2, 0.25) is 0 Å². The number of pyridine rings is 1. The molecule has 3 aliphatic rings. The van der Waals surface area contributed by atoms with Crippen molar-refractivity contribution in [1.29, 1.82) is 0 Å². The fourth-order valence-corrected chi connectivity index (χ4v) is 7.30. The molecular formula is C33H36F3N5O3. The Morgan fingerprint density at radius 3 is 2.84 bits per heavy atom. The van der Waals surface area contributed by atoms with Gasteiger partial charge in [-0.25, -0.2) is 13.2 Å². The second-order valence-electron chi connectivity index (χ2n) is 12.2. The molecule has 1 N–H and O–H groups in total. The largest absolute Gasteiger partial charge is 0.508 e. The molecule has 0 radical (unpaired) electrons. The van der Waals surface area contributed by atoms with Gasteiger partial charge in [-0.05, 0) is 73.2 Å². The first kappa shape index (κ1) is 29.0. The number of halogens is 3. The predicted octanol–water partition coefficient (Wildman–Crippen LogP) is 5.96. The van der Waals surface area contributed by atoms with Gasteiger partial charge in [0.1, 0.15) is 41.4 Å². The third kappa shape index (κ3) is 5.09. The number of ether oxygens (including phenoxy) is 2. The number of benzene rings is 2. The lowest BCUT2D eigenvalue weighted by atomic mass is 9.94. The standard InChI is InChI=1S/C33H36F3N5O3/c1-2-23-26(35)7-6-20-14-22(42)15-24(27(20)23)29-28(36)30-25(17-37-29)31(40-9-3-4-12-43-13-11-40)39-32(38-30)44-19-33-8-5-10-41(33)18-21(34)16-33/h6-7,14-15,17,21,42H,2-5,8-13,16,18-19H2,1H3/t21-,33?/m1/s1. The molecule has 5 heterocycles. The zero-order valence-corrected chi connectivity index (χ0v) is 24.8. The summed E-state index contributed by atoms with van der Waals surface area (Å²) in [6.45, 7) is 5.67. The van der Waals surface area contributed by atoms with Crippen LogP contribution in [0, 0.1) is 11.6 Å². The maximum absolute atomic E-state index is 16.7. The van der Waals surface area contributed by atoms with E-state index in [1.54, 1.807) is 6.07 Å². The van der Waals surface area contributed by atoms with E-state index in [0.717, 1.165) is 32.2 Å². The molecule has 2 atom stereocenters. The number of phenols is 1. The molecule has 3 saturated heterocycles. The lowest BCUT2D eigenvalue weighted by molar-refractivity contribution is 0.107. The first-order valence-electron chi connectivity index (χ1n) is 15.5. The molecule has 7 rings (SSSR count). The van der Waals surface area contributed by atoms with Crippen LogP contribution >= 0.6 is 0 Å². The number of rotatable bonds is 6. The van der Waals surface area contributed by atoms with E-state index in [1.165, 1.54) is 24.4 Å². The van der Waals surface area contributed by atoms with E-state index < -0.39 is 23.3 Å². The van der Waals surface area contributed by atoms with E-state index in [1.807, 2.05) is 11.8 Å². The van der Waals surface area contributed by atoms with Crippen molar-refractivity contribution >= 4 is 27.5 Å². The fraction of sp³-hybridized carbons (Fsp3) is 0.485. The van der Waals surface area contributed by atoms with Gasteiger partial charge in [-0.3, -0.25) is 9.88 Å². The van der Waals surface area contributed by atoms with Crippen LogP contribution in [0.1, 0.15) is 44.6 Å². The van der Waals surface area contributed by atoms with Crippen molar-refractivity contribution in [3.8, 4) is 23.0 Å². The zero-order valence-electron chi connectivity index (χ0n) is 24.8. The molecule has 0 aliphatic carbocycles. The number of anilines is 1. The Kier molecular flexibility index (Phi) is 7.70. The van der Waals surface area contributed by atoms with Crippen LogP contribution in [0.25, 0.3) is 32.9 Å². The van der Waals surface area contributed by atoms with Crippen molar-refractivity contribution in [2.75, 3.05) is 50.9 Å². The van der Waals surface area contributed by atoms with Gasteiger partial charge in [0.25, 0.3) is 0 Å². The minimum absolute atomic E-state index is 0.0103. The summed E-state index contributed by atoms with van der Waals surface area (Å²) in [6.07, 6.45) is 4.94. The van der Waals surface area contributed by atoms with Gasteiger partial charge >= 0.3 is 6.01 Å². The first-order chi connectivity index (χ1) is 21.4. The number of hydrogen-bond acceptors (Lipinski definition) is 8. The third-order valence-corrected chi connectivity index (χ3v) is 9.41. The highest BCUT2D eigenvalue weighted by Gasteiger charge is 2.49. The molecule has 3 aliphatic heterocycles. The molecule has 8 nitrogen and oxygen atoms in total. The van der Waals surface area contributed by atoms with Gasteiger partial charge in [0.15, 0.2) is 5.82 Å². The van der Waals surface area contributed by atoms with Gasteiger partial charge in [0, 0.05) is 44.4 Å². The van der Waals surface area contributed by atoms with Crippen molar-refractivity contribution in [3.63, 3.8) is 0 Å². The fourth-order valence-electron chi connectivity index (χ4n) is 7.30. The molecule has 0 saturated carbocycles. The summed E-state index contributed by atoms with van der Waals surface area (Å²) >= 11 is 0. The predicted molar refractivity (Wildman–Crippen MR) is 162 cm³/mol. The van der Waals surface area contributed by atoms with Crippen molar-refractivity contribution in [3.05, 3.63) is 47.7 Å². The number of aryl methyl sites for hydroxylation is 1.